The number of benzene rings is 2. The number of amides is 1. The quantitative estimate of drug-likeness (QED) is 0.383. The van der Waals surface area contributed by atoms with E-state index in [1.54, 1.807) is 24.3 Å². The molecule has 0 fully saturated rings. The number of para-hydroxylation sites is 1. The van der Waals surface area contributed by atoms with Crippen molar-refractivity contribution in [3.8, 4) is 5.69 Å². The Morgan fingerprint density at radius 1 is 1.22 bits per heavy atom. The molecule has 1 N–H and O–H groups in total. The first-order valence-electron chi connectivity index (χ1n) is 9.37. The molecule has 0 spiro atoms. The molecule has 2 heterocycles. The van der Waals surface area contributed by atoms with Gasteiger partial charge in [0.15, 0.2) is 5.16 Å². The molecule has 0 bridgehead atoms. The summed E-state index contributed by atoms with van der Waals surface area (Å²) in [6, 6.07) is 11.7. The van der Waals surface area contributed by atoms with Crippen LogP contribution in [0.2, 0.25) is 5.02 Å². The average Bonchev–Trinajstić information content (AvgIpc) is 3.23. The molecule has 3 aromatic rings. The van der Waals surface area contributed by atoms with Gasteiger partial charge in [0.1, 0.15) is 0 Å². The van der Waals surface area contributed by atoms with E-state index >= 15 is 0 Å². The largest absolute Gasteiger partial charge is 0.416 e. The zero-order valence-corrected chi connectivity index (χ0v) is 18.7. The molecule has 0 unspecified atom stereocenters. The number of aromatic nitrogens is 2. The minimum atomic E-state index is -4.56. The van der Waals surface area contributed by atoms with Crippen LogP contribution in [0.3, 0.4) is 0 Å². The van der Waals surface area contributed by atoms with Gasteiger partial charge in [-0.25, -0.2) is 4.98 Å². The molecule has 1 aliphatic heterocycles. The Bertz CT molecular complexity index is 1230. The molecule has 0 aliphatic carbocycles. The van der Waals surface area contributed by atoms with Gasteiger partial charge in [-0.1, -0.05) is 41.6 Å². The van der Waals surface area contributed by atoms with Crippen LogP contribution in [0.5, 0.6) is 0 Å². The predicted octanol–water partition coefficient (Wildman–Crippen LogP) is 5.28. The van der Waals surface area contributed by atoms with E-state index in [0.29, 0.717) is 27.9 Å². The minimum absolute atomic E-state index is 0.00905. The summed E-state index contributed by atoms with van der Waals surface area (Å²) in [5, 5.41) is 2.74. The highest BCUT2D eigenvalue weighted by Crippen LogP contribution is 2.34. The van der Waals surface area contributed by atoms with Crippen LogP contribution >= 0.6 is 35.1 Å². The van der Waals surface area contributed by atoms with Crippen molar-refractivity contribution in [3.05, 3.63) is 75.2 Å². The maximum atomic E-state index is 13.1. The normalized spacial score (nSPS) is 13.1. The van der Waals surface area contributed by atoms with Gasteiger partial charge in [0, 0.05) is 12.2 Å². The van der Waals surface area contributed by atoms with E-state index in [0.717, 1.165) is 35.7 Å². The highest BCUT2D eigenvalue weighted by Gasteiger charge is 2.31. The third-order valence-corrected chi connectivity index (χ3v) is 6.96. The molecule has 5 nitrogen and oxygen atoms in total. The van der Waals surface area contributed by atoms with E-state index in [1.807, 2.05) is 6.07 Å². The lowest BCUT2D eigenvalue weighted by Gasteiger charge is -2.14. The molecular weight excluding hydrogens is 483 g/mol. The number of fused-ring (bicyclic) bond motifs is 1. The summed E-state index contributed by atoms with van der Waals surface area (Å²) in [5.74, 6) is 0.0206. The molecule has 1 amide bonds. The van der Waals surface area contributed by atoms with Crippen molar-refractivity contribution in [1.82, 2.24) is 9.55 Å². The number of carbonyl (C=O) groups excluding carboxylic acids is 1. The van der Waals surface area contributed by atoms with Gasteiger partial charge in [-0.05, 0) is 30.3 Å². The zero-order chi connectivity index (χ0) is 22.9. The molecule has 32 heavy (non-hydrogen) atoms. The fourth-order valence-electron chi connectivity index (χ4n) is 3.11. The van der Waals surface area contributed by atoms with Crippen molar-refractivity contribution in [2.24, 2.45) is 0 Å². The number of rotatable bonds is 5. The van der Waals surface area contributed by atoms with Crippen LogP contribution < -0.4 is 10.9 Å². The summed E-state index contributed by atoms with van der Waals surface area (Å²) in [6.45, 7) is 0. The lowest BCUT2D eigenvalue weighted by molar-refractivity contribution is -0.137. The molecule has 0 saturated carbocycles. The number of hydrogen-bond donors (Lipinski definition) is 1. The fourth-order valence-corrected chi connectivity index (χ4v) is 5.13. The summed E-state index contributed by atoms with van der Waals surface area (Å²) in [7, 11) is 0. The molecule has 0 radical (unpaired) electrons. The van der Waals surface area contributed by atoms with Gasteiger partial charge in [-0.15, -0.1) is 11.8 Å². The van der Waals surface area contributed by atoms with Crippen molar-refractivity contribution in [1.29, 1.82) is 0 Å². The first kappa shape index (κ1) is 22.8. The van der Waals surface area contributed by atoms with Gasteiger partial charge in [-0.3, -0.25) is 14.2 Å². The summed E-state index contributed by atoms with van der Waals surface area (Å²) in [6.07, 6.45) is -3.90. The molecule has 166 valence electrons. The second kappa shape index (κ2) is 9.21. The number of anilines is 1. The minimum Gasteiger partial charge on any atom is -0.324 e. The van der Waals surface area contributed by atoms with Crippen molar-refractivity contribution < 1.29 is 18.0 Å². The molecule has 1 aliphatic rings. The molecule has 2 aromatic carbocycles. The lowest BCUT2D eigenvalue weighted by Crippen LogP contribution is -2.24. The van der Waals surface area contributed by atoms with Gasteiger partial charge < -0.3 is 5.32 Å². The maximum Gasteiger partial charge on any atom is 0.416 e. The third-order valence-electron chi connectivity index (χ3n) is 4.58. The second-order valence-corrected chi connectivity index (χ2v) is 9.23. The van der Waals surface area contributed by atoms with Crippen LogP contribution in [-0.2, 0) is 17.4 Å². The van der Waals surface area contributed by atoms with Crippen LogP contribution in [0.25, 0.3) is 5.69 Å². The number of carbonyl (C=O) groups is 1. The van der Waals surface area contributed by atoms with E-state index in [9.17, 15) is 22.8 Å². The van der Waals surface area contributed by atoms with Gasteiger partial charge in [0.2, 0.25) is 5.91 Å². The van der Waals surface area contributed by atoms with Crippen LogP contribution in [0.15, 0.2) is 63.4 Å². The topological polar surface area (TPSA) is 64.0 Å². The van der Waals surface area contributed by atoms with Crippen LogP contribution in [-0.4, -0.2) is 27.0 Å². The van der Waals surface area contributed by atoms with E-state index in [4.69, 9.17) is 11.6 Å². The van der Waals surface area contributed by atoms with Crippen molar-refractivity contribution in [3.63, 3.8) is 0 Å². The number of aryl methyl sites for hydroxylation is 1. The Kier molecular flexibility index (Phi) is 6.55. The second-order valence-electron chi connectivity index (χ2n) is 6.77. The monoisotopic (exact) mass is 497 g/mol. The SMILES string of the molecule is O=C(CSc1nc2c(c(=O)n1-c1ccccc1)SCC2)Nc1cc(C(F)(F)F)ccc1Cl. The number of halogens is 4. The molecule has 0 saturated heterocycles. The number of thioether (sulfide) groups is 2. The standard InChI is InChI=1S/C21H15ClF3N3O2S2/c22-14-7-6-12(21(23,24)25)10-16(14)26-17(29)11-32-20-27-15-8-9-31-18(15)19(30)28(20)13-4-2-1-3-5-13/h1-7,10H,8-9,11H2,(H,26,29). The summed E-state index contributed by atoms with van der Waals surface area (Å²) in [5.41, 5.74) is 0.0547. The number of nitrogens with one attached hydrogen (secondary N) is 1. The number of hydrogen-bond acceptors (Lipinski definition) is 5. The van der Waals surface area contributed by atoms with E-state index in [-0.39, 0.29) is 22.0 Å². The smallest absolute Gasteiger partial charge is 0.324 e. The van der Waals surface area contributed by atoms with Crippen molar-refractivity contribution >= 4 is 46.7 Å². The highest BCUT2D eigenvalue weighted by molar-refractivity contribution is 8.00. The van der Waals surface area contributed by atoms with E-state index < -0.39 is 17.6 Å². The van der Waals surface area contributed by atoms with Gasteiger partial charge in [-0.2, -0.15) is 13.2 Å². The number of alkyl halides is 3. The highest BCUT2D eigenvalue weighted by atomic mass is 35.5. The number of nitrogens with zero attached hydrogens (tertiary/aromatic N) is 2. The van der Waals surface area contributed by atoms with Crippen molar-refractivity contribution in [2.45, 2.75) is 22.6 Å². The Morgan fingerprint density at radius 3 is 2.69 bits per heavy atom. The van der Waals surface area contributed by atoms with Gasteiger partial charge >= 0.3 is 6.18 Å². The molecule has 11 heteroatoms. The Morgan fingerprint density at radius 2 is 1.97 bits per heavy atom. The van der Waals surface area contributed by atoms with E-state index in [1.165, 1.54) is 16.3 Å². The van der Waals surface area contributed by atoms with Crippen LogP contribution in [0.1, 0.15) is 11.3 Å². The van der Waals surface area contributed by atoms with Gasteiger partial charge in [0.25, 0.3) is 5.56 Å². The summed E-state index contributed by atoms with van der Waals surface area (Å²) in [4.78, 5) is 30.7. The van der Waals surface area contributed by atoms with Crippen LogP contribution in [0.4, 0.5) is 18.9 Å². The van der Waals surface area contributed by atoms with Crippen molar-refractivity contribution in [2.75, 3.05) is 16.8 Å². The Hall–Kier alpha value is -2.43. The van der Waals surface area contributed by atoms with Gasteiger partial charge in [0.05, 0.1) is 38.3 Å². The van der Waals surface area contributed by atoms with Crippen LogP contribution in [0, 0.1) is 0 Å². The Labute approximate surface area is 194 Å². The fraction of sp³-hybridized carbons (Fsp3) is 0.190. The zero-order valence-electron chi connectivity index (χ0n) is 16.3. The molecule has 4 rings (SSSR count). The first-order valence-corrected chi connectivity index (χ1v) is 11.7. The average molecular weight is 498 g/mol. The summed E-state index contributed by atoms with van der Waals surface area (Å²) < 4.78 is 40.3. The Balaban J connectivity index is 1.58. The third kappa shape index (κ3) is 4.82. The molecule has 1 aromatic heterocycles. The predicted molar refractivity (Wildman–Crippen MR) is 120 cm³/mol. The lowest BCUT2D eigenvalue weighted by atomic mass is 10.2. The molecule has 0 atom stereocenters. The maximum absolute atomic E-state index is 13.1. The van der Waals surface area contributed by atoms with E-state index in [2.05, 4.69) is 10.3 Å². The summed E-state index contributed by atoms with van der Waals surface area (Å²) >= 11 is 8.43. The first-order chi connectivity index (χ1) is 15.2. The molecular formula is C21H15ClF3N3O2S2.